The summed E-state index contributed by atoms with van der Waals surface area (Å²) >= 11 is 6.02. The number of hydrogen-bond acceptors (Lipinski definition) is 5. The van der Waals surface area contributed by atoms with Gasteiger partial charge in [-0.3, -0.25) is 4.98 Å². The Hall–Kier alpha value is -1.40. The first-order valence-electron chi connectivity index (χ1n) is 7.35. The van der Waals surface area contributed by atoms with Crippen LogP contribution in [0.1, 0.15) is 11.3 Å². The van der Waals surface area contributed by atoms with Gasteiger partial charge in [-0.15, -0.1) is 12.4 Å². The molecule has 0 bridgehead atoms. The molecule has 124 valence electrons. The van der Waals surface area contributed by atoms with Gasteiger partial charge in [0.15, 0.2) is 5.82 Å². The topological polar surface area (TPSA) is 50.3 Å². The van der Waals surface area contributed by atoms with Crippen LogP contribution in [0.25, 0.3) is 0 Å². The highest BCUT2D eigenvalue weighted by molar-refractivity contribution is 6.30. The van der Waals surface area contributed by atoms with Crippen molar-refractivity contribution in [2.45, 2.75) is 19.8 Å². The minimum atomic E-state index is -0.0665. The molecule has 2 aromatic rings. The molecule has 1 aliphatic rings. The van der Waals surface area contributed by atoms with Gasteiger partial charge in [-0.2, -0.15) is 0 Å². The van der Waals surface area contributed by atoms with Gasteiger partial charge in [-0.05, 0) is 24.6 Å². The van der Waals surface area contributed by atoms with Gasteiger partial charge in [0, 0.05) is 37.1 Å². The molecule has 1 unspecified atom stereocenters. The second-order valence-electron chi connectivity index (χ2n) is 5.26. The summed E-state index contributed by atoms with van der Waals surface area (Å²) in [5.74, 6) is 0.889. The number of aryl methyl sites for hydroxylation is 1. The van der Waals surface area contributed by atoms with Gasteiger partial charge in [-0.1, -0.05) is 23.7 Å². The minimum Gasteiger partial charge on any atom is -0.352 e. The fourth-order valence-electron chi connectivity index (χ4n) is 2.57. The average molecular weight is 355 g/mol. The molecule has 0 spiro atoms. The Morgan fingerprint density at radius 2 is 2.17 bits per heavy atom. The van der Waals surface area contributed by atoms with E-state index in [-0.39, 0.29) is 18.6 Å². The Labute approximate surface area is 147 Å². The lowest BCUT2D eigenvalue weighted by molar-refractivity contribution is 0.0304. The molecule has 3 rings (SSSR count). The van der Waals surface area contributed by atoms with Crippen LogP contribution in [0.15, 0.2) is 36.7 Å². The smallest absolute Gasteiger partial charge is 0.152 e. The van der Waals surface area contributed by atoms with Crippen molar-refractivity contribution in [3.05, 3.63) is 52.9 Å². The molecule has 0 saturated carbocycles. The van der Waals surface area contributed by atoms with Crippen LogP contribution in [0.5, 0.6) is 0 Å². The Bertz CT molecular complexity index is 641. The SMILES string of the molecule is Cc1nccnc1N1CCNCC1OCc1cccc(Cl)c1.Cl. The molecule has 1 fully saturated rings. The largest absolute Gasteiger partial charge is 0.352 e. The summed E-state index contributed by atoms with van der Waals surface area (Å²) in [6.45, 7) is 5.00. The molecule has 1 N–H and O–H groups in total. The average Bonchev–Trinajstić information content (AvgIpc) is 2.54. The number of aromatic nitrogens is 2. The molecule has 1 aromatic heterocycles. The maximum Gasteiger partial charge on any atom is 0.152 e. The van der Waals surface area contributed by atoms with Gasteiger partial charge in [-0.25, -0.2) is 4.98 Å². The molecule has 7 heteroatoms. The second kappa shape index (κ2) is 8.45. The lowest BCUT2D eigenvalue weighted by Gasteiger charge is -2.37. The Balaban J connectivity index is 0.00000192. The van der Waals surface area contributed by atoms with E-state index in [0.29, 0.717) is 6.61 Å². The molecule has 1 atom stereocenters. The molecule has 0 aliphatic carbocycles. The zero-order valence-electron chi connectivity index (χ0n) is 12.9. The molecule has 1 aliphatic heterocycles. The van der Waals surface area contributed by atoms with E-state index in [1.807, 2.05) is 31.2 Å². The van der Waals surface area contributed by atoms with Crippen molar-refractivity contribution in [1.29, 1.82) is 0 Å². The Kier molecular flexibility index (Phi) is 6.59. The Morgan fingerprint density at radius 1 is 1.35 bits per heavy atom. The van der Waals surface area contributed by atoms with Gasteiger partial charge in [0.25, 0.3) is 0 Å². The summed E-state index contributed by atoms with van der Waals surface area (Å²) < 4.78 is 6.08. The van der Waals surface area contributed by atoms with E-state index >= 15 is 0 Å². The lowest BCUT2D eigenvalue weighted by Crippen LogP contribution is -2.53. The number of nitrogens with zero attached hydrogens (tertiary/aromatic N) is 3. The number of anilines is 1. The van der Waals surface area contributed by atoms with Crippen molar-refractivity contribution < 1.29 is 4.74 Å². The first-order chi connectivity index (χ1) is 10.7. The maximum absolute atomic E-state index is 6.08. The van der Waals surface area contributed by atoms with Gasteiger partial charge in [0.2, 0.25) is 0 Å². The fraction of sp³-hybridized carbons (Fsp3) is 0.375. The number of benzene rings is 1. The van der Waals surface area contributed by atoms with E-state index in [1.54, 1.807) is 12.4 Å². The van der Waals surface area contributed by atoms with Crippen molar-refractivity contribution in [3.8, 4) is 0 Å². The summed E-state index contributed by atoms with van der Waals surface area (Å²) in [6.07, 6.45) is 3.37. The molecule has 0 radical (unpaired) electrons. The molecular formula is C16H20Cl2N4O. The van der Waals surface area contributed by atoms with Crippen LogP contribution in [-0.2, 0) is 11.3 Å². The van der Waals surface area contributed by atoms with E-state index in [9.17, 15) is 0 Å². The third-order valence-electron chi connectivity index (χ3n) is 3.65. The first kappa shape index (κ1) is 17.9. The van der Waals surface area contributed by atoms with E-state index in [1.165, 1.54) is 0 Å². The third kappa shape index (κ3) is 4.54. The normalized spacial score (nSPS) is 17.7. The number of ether oxygens (including phenoxy) is 1. The molecule has 23 heavy (non-hydrogen) atoms. The van der Waals surface area contributed by atoms with E-state index in [0.717, 1.165) is 41.7 Å². The molecule has 0 amide bonds. The quantitative estimate of drug-likeness (QED) is 0.914. The lowest BCUT2D eigenvalue weighted by atomic mass is 10.2. The molecule has 5 nitrogen and oxygen atoms in total. The van der Waals surface area contributed by atoms with Gasteiger partial charge >= 0.3 is 0 Å². The number of halogens is 2. The van der Waals surface area contributed by atoms with E-state index in [4.69, 9.17) is 16.3 Å². The van der Waals surface area contributed by atoms with Crippen molar-refractivity contribution in [3.63, 3.8) is 0 Å². The zero-order valence-corrected chi connectivity index (χ0v) is 14.5. The van der Waals surface area contributed by atoms with Crippen LogP contribution in [0.3, 0.4) is 0 Å². The highest BCUT2D eigenvalue weighted by atomic mass is 35.5. The van der Waals surface area contributed by atoms with Crippen LogP contribution in [0.4, 0.5) is 5.82 Å². The van der Waals surface area contributed by atoms with Gasteiger partial charge in [0.1, 0.15) is 6.23 Å². The predicted octanol–water partition coefficient (Wildman–Crippen LogP) is 2.81. The number of piperazine rings is 1. The van der Waals surface area contributed by atoms with Gasteiger partial charge < -0.3 is 15.0 Å². The minimum absolute atomic E-state index is 0. The van der Waals surface area contributed by atoms with Crippen molar-refractivity contribution in [2.24, 2.45) is 0 Å². The first-order valence-corrected chi connectivity index (χ1v) is 7.73. The van der Waals surface area contributed by atoms with Crippen molar-refractivity contribution in [1.82, 2.24) is 15.3 Å². The summed E-state index contributed by atoms with van der Waals surface area (Å²) in [4.78, 5) is 10.9. The van der Waals surface area contributed by atoms with Crippen LogP contribution in [-0.4, -0.2) is 35.8 Å². The van der Waals surface area contributed by atoms with Crippen LogP contribution >= 0.6 is 24.0 Å². The monoisotopic (exact) mass is 354 g/mol. The fourth-order valence-corrected chi connectivity index (χ4v) is 2.78. The second-order valence-corrected chi connectivity index (χ2v) is 5.69. The molecular weight excluding hydrogens is 335 g/mol. The highest BCUT2D eigenvalue weighted by Gasteiger charge is 2.25. The van der Waals surface area contributed by atoms with Crippen LogP contribution in [0, 0.1) is 6.92 Å². The summed E-state index contributed by atoms with van der Waals surface area (Å²) in [6, 6.07) is 7.74. The van der Waals surface area contributed by atoms with Crippen molar-refractivity contribution >= 4 is 29.8 Å². The summed E-state index contributed by atoms with van der Waals surface area (Å²) in [5.41, 5.74) is 1.98. The number of hydrogen-bond donors (Lipinski definition) is 1. The summed E-state index contributed by atoms with van der Waals surface area (Å²) in [7, 11) is 0. The van der Waals surface area contributed by atoms with E-state index in [2.05, 4.69) is 20.2 Å². The highest BCUT2D eigenvalue weighted by Crippen LogP contribution is 2.20. The number of rotatable bonds is 4. The number of nitrogens with one attached hydrogen (secondary N) is 1. The van der Waals surface area contributed by atoms with Crippen molar-refractivity contribution in [2.75, 3.05) is 24.5 Å². The van der Waals surface area contributed by atoms with Crippen LogP contribution < -0.4 is 10.2 Å². The standard InChI is InChI=1S/C16H19ClN4O.ClH/c1-12-16(20-6-5-19-12)21-8-7-18-10-15(21)22-11-13-3-2-4-14(17)9-13;/h2-6,9,15,18H,7-8,10-11H2,1H3;1H. The summed E-state index contributed by atoms with van der Waals surface area (Å²) in [5, 5.41) is 4.09. The molecule has 2 heterocycles. The Morgan fingerprint density at radius 3 is 2.96 bits per heavy atom. The van der Waals surface area contributed by atoms with Crippen LogP contribution in [0.2, 0.25) is 5.02 Å². The predicted molar refractivity (Wildman–Crippen MR) is 94.3 cm³/mol. The zero-order chi connectivity index (χ0) is 15.4. The van der Waals surface area contributed by atoms with E-state index < -0.39 is 0 Å². The van der Waals surface area contributed by atoms with Gasteiger partial charge in [0.05, 0.1) is 12.3 Å². The molecule has 1 saturated heterocycles. The molecule has 1 aromatic carbocycles. The maximum atomic E-state index is 6.08. The third-order valence-corrected chi connectivity index (χ3v) is 3.89.